The second-order valence-electron chi connectivity index (χ2n) is 5.19. The molecule has 0 fully saturated rings. The van der Waals surface area contributed by atoms with Crippen LogP contribution in [0.2, 0.25) is 0 Å². The summed E-state index contributed by atoms with van der Waals surface area (Å²) in [5.41, 5.74) is 12.3. The van der Waals surface area contributed by atoms with Gasteiger partial charge in [-0.2, -0.15) is 0 Å². The van der Waals surface area contributed by atoms with Crippen molar-refractivity contribution in [1.29, 1.82) is 0 Å². The van der Waals surface area contributed by atoms with Gasteiger partial charge in [-0.05, 0) is 60.3 Å². The smallest absolute Gasteiger partial charge is 0.0297 e. The molecular formula is C14H19N. The summed E-state index contributed by atoms with van der Waals surface area (Å²) >= 11 is 0. The summed E-state index contributed by atoms with van der Waals surface area (Å²) in [7, 11) is 0. The highest BCUT2D eigenvalue weighted by atomic mass is 14.6. The van der Waals surface area contributed by atoms with E-state index >= 15 is 0 Å². The number of rotatable bonds is 0. The third-order valence-electron chi connectivity index (χ3n) is 4.14. The van der Waals surface area contributed by atoms with Crippen LogP contribution in [0.5, 0.6) is 0 Å². The Hall–Kier alpha value is -0.820. The maximum Gasteiger partial charge on any atom is 0.0297 e. The van der Waals surface area contributed by atoms with Gasteiger partial charge >= 0.3 is 0 Å². The van der Waals surface area contributed by atoms with E-state index in [9.17, 15) is 0 Å². The maximum atomic E-state index is 6.20. The van der Waals surface area contributed by atoms with Gasteiger partial charge in [0.15, 0.2) is 0 Å². The normalized spacial score (nSPS) is 28.7. The standard InChI is InChI=1S/C14H19N/c1-9-5-6-14(15)13-8-11-4-2-3-10(11)7-12(9)13/h7-9,14H,2-6,15H2,1H3/t9?,14-/m0/s1. The monoisotopic (exact) mass is 201 g/mol. The zero-order valence-electron chi connectivity index (χ0n) is 9.42. The van der Waals surface area contributed by atoms with Crippen LogP contribution < -0.4 is 5.73 Å². The molecule has 3 rings (SSSR count). The minimum atomic E-state index is 0.294. The molecule has 1 nitrogen and oxygen atoms in total. The maximum absolute atomic E-state index is 6.20. The lowest BCUT2D eigenvalue weighted by Gasteiger charge is -2.28. The molecule has 0 aromatic heterocycles. The first-order chi connectivity index (χ1) is 7.25. The summed E-state index contributed by atoms with van der Waals surface area (Å²) in [5.74, 6) is 0.714. The van der Waals surface area contributed by atoms with Crippen LogP contribution in [0.1, 0.15) is 60.4 Å². The van der Waals surface area contributed by atoms with E-state index in [0.29, 0.717) is 12.0 Å². The van der Waals surface area contributed by atoms with Gasteiger partial charge < -0.3 is 5.73 Å². The molecule has 15 heavy (non-hydrogen) atoms. The topological polar surface area (TPSA) is 26.0 Å². The zero-order chi connectivity index (χ0) is 10.4. The molecule has 1 aromatic rings. The summed E-state index contributed by atoms with van der Waals surface area (Å²) in [6, 6.07) is 5.14. The van der Waals surface area contributed by atoms with Crippen molar-refractivity contribution in [2.45, 2.75) is 51.0 Å². The molecule has 0 saturated heterocycles. The summed E-state index contributed by atoms with van der Waals surface area (Å²) in [5, 5.41) is 0. The van der Waals surface area contributed by atoms with Crippen LogP contribution >= 0.6 is 0 Å². The van der Waals surface area contributed by atoms with Crippen molar-refractivity contribution in [3.05, 3.63) is 34.4 Å². The van der Waals surface area contributed by atoms with Crippen molar-refractivity contribution in [3.63, 3.8) is 0 Å². The van der Waals surface area contributed by atoms with Crippen LogP contribution in [-0.2, 0) is 12.8 Å². The Morgan fingerprint density at radius 1 is 1.07 bits per heavy atom. The molecule has 0 spiro atoms. The summed E-state index contributed by atoms with van der Waals surface area (Å²) in [6.45, 7) is 2.34. The first-order valence-electron chi connectivity index (χ1n) is 6.17. The van der Waals surface area contributed by atoms with Gasteiger partial charge in [-0.3, -0.25) is 0 Å². The van der Waals surface area contributed by atoms with Gasteiger partial charge in [-0.25, -0.2) is 0 Å². The van der Waals surface area contributed by atoms with Gasteiger partial charge in [0.05, 0.1) is 0 Å². The van der Waals surface area contributed by atoms with Gasteiger partial charge in [-0.1, -0.05) is 19.1 Å². The summed E-state index contributed by atoms with van der Waals surface area (Å²) in [4.78, 5) is 0. The molecular weight excluding hydrogens is 182 g/mol. The van der Waals surface area contributed by atoms with Gasteiger partial charge in [0.1, 0.15) is 0 Å². The summed E-state index contributed by atoms with van der Waals surface area (Å²) < 4.78 is 0. The Morgan fingerprint density at radius 2 is 1.73 bits per heavy atom. The van der Waals surface area contributed by atoms with Crippen LogP contribution in [0.4, 0.5) is 0 Å². The van der Waals surface area contributed by atoms with Crippen LogP contribution in [0, 0.1) is 0 Å². The zero-order valence-corrected chi connectivity index (χ0v) is 9.42. The van der Waals surface area contributed by atoms with Gasteiger partial charge in [-0.15, -0.1) is 0 Å². The fourth-order valence-corrected chi connectivity index (χ4v) is 3.15. The Morgan fingerprint density at radius 3 is 2.47 bits per heavy atom. The molecule has 2 aliphatic rings. The fraction of sp³-hybridized carbons (Fsp3) is 0.571. The van der Waals surface area contributed by atoms with Gasteiger partial charge in [0.25, 0.3) is 0 Å². The quantitative estimate of drug-likeness (QED) is 0.686. The molecule has 0 bridgehead atoms. The van der Waals surface area contributed by atoms with Crippen LogP contribution in [0.25, 0.3) is 0 Å². The van der Waals surface area contributed by atoms with Gasteiger partial charge in [0.2, 0.25) is 0 Å². The Labute approximate surface area is 91.7 Å². The third-order valence-corrected chi connectivity index (χ3v) is 4.14. The van der Waals surface area contributed by atoms with Crippen molar-refractivity contribution in [3.8, 4) is 0 Å². The predicted molar refractivity (Wildman–Crippen MR) is 63.0 cm³/mol. The number of benzene rings is 1. The molecule has 2 N–H and O–H groups in total. The first-order valence-corrected chi connectivity index (χ1v) is 6.17. The molecule has 1 heteroatoms. The molecule has 0 amide bonds. The second-order valence-corrected chi connectivity index (χ2v) is 5.19. The molecule has 0 aliphatic heterocycles. The van der Waals surface area contributed by atoms with E-state index in [1.807, 2.05) is 0 Å². The van der Waals surface area contributed by atoms with E-state index in [-0.39, 0.29) is 0 Å². The highest BCUT2D eigenvalue weighted by Gasteiger charge is 2.24. The average molecular weight is 201 g/mol. The van der Waals surface area contributed by atoms with Crippen molar-refractivity contribution < 1.29 is 0 Å². The lowest BCUT2D eigenvalue weighted by Crippen LogP contribution is -2.19. The SMILES string of the molecule is CC1CC[C@H](N)c2cc3c(cc21)CCC3. The van der Waals surface area contributed by atoms with Crippen LogP contribution in [-0.4, -0.2) is 0 Å². The average Bonchev–Trinajstić information content (AvgIpc) is 2.69. The van der Waals surface area contributed by atoms with E-state index in [2.05, 4.69) is 19.1 Å². The molecule has 0 heterocycles. The van der Waals surface area contributed by atoms with E-state index in [1.165, 1.54) is 36.8 Å². The minimum Gasteiger partial charge on any atom is -0.324 e. The number of hydrogen-bond acceptors (Lipinski definition) is 1. The highest BCUT2D eigenvalue weighted by Crippen LogP contribution is 2.39. The molecule has 1 aromatic carbocycles. The predicted octanol–water partition coefficient (Wildman–Crippen LogP) is 3.07. The third kappa shape index (κ3) is 1.41. The fourth-order valence-electron chi connectivity index (χ4n) is 3.15. The molecule has 1 unspecified atom stereocenters. The van der Waals surface area contributed by atoms with Crippen molar-refractivity contribution >= 4 is 0 Å². The summed E-state index contributed by atoms with van der Waals surface area (Å²) in [6.07, 6.45) is 6.30. The largest absolute Gasteiger partial charge is 0.324 e. The molecule has 2 atom stereocenters. The van der Waals surface area contributed by atoms with Crippen LogP contribution in [0.3, 0.4) is 0 Å². The first kappa shape index (κ1) is 9.41. The Balaban J connectivity index is 2.15. The van der Waals surface area contributed by atoms with E-state index in [0.717, 1.165) is 6.42 Å². The Kier molecular flexibility index (Phi) is 2.10. The molecule has 0 saturated carbocycles. The molecule has 0 radical (unpaired) electrons. The van der Waals surface area contributed by atoms with Crippen molar-refractivity contribution in [1.82, 2.24) is 0 Å². The van der Waals surface area contributed by atoms with E-state index in [4.69, 9.17) is 5.73 Å². The van der Waals surface area contributed by atoms with Gasteiger partial charge in [0, 0.05) is 6.04 Å². The number of aryl methyl sites for hydroxylation is 2. The highest BCUT2D eigenvalue weighted by molar-refractivity contribution is 5.44. The van der Waals surface area contributed by atoms with Crippen molar-refractivity contribution in [2.24, 2.45) is 5.73 Å². The van der Waals surface area contributed by atoms with Crippen LogP contribution in [0.15, 0.2) is 12.1 Å². The number of hydrogen-bond donors (Lipinski definition) is 1. The number of fused-ring (bicyclic) bond motifs is 2. The second kappa shape index (κ2) is 3.34. The lowest BCUT2D eigenvalue weighted by atomic mass is 9.80. The number of nitrogens with two attached hydrogens (primary N) is 1. The van der Waals surface area contributed by atoms with Crippen molar-refractivity contribution in [2.75, 3.05) is 0 Å². The van der Waals surface area contributed by atoms with E-state index < -0.39 is 0 Å². The van der Waals surface area contributed by atoms with E-state index in [1.54, 1.807) is 11.1 Å². The molecule has 80 valence electrons. The Bertz CT molecular complexity index is 358. The lowest BCUT2D eigenvalue weighted by molar-refractivity contribution is 0.513. The minimum absolute atomic E-state index is 0.294. The molecule has 2 aliphatic carbocycles.